The van der Waals surface area contributed by atoms with Gasteiger partial charge in [-0.05, 0) is 74.9 Å². The van der Waals surface area contributed by atoms with Crippen molar-refractivity contribution < 1.29 is 23.8 Å². The maximum atomic E-state index is 13.3. The molecule has 5 aromatic rings. The van der Waals surface area contributed by atoms with Crippen LogP contribution in [0.25, 0.3) is 20.4 Å². The average molecular weight is 859 g/mol. The number of halogens is 1. The molecule has 310 valence electrons. The summed E-state index contributed by atoms with van der Waals surface area (Å²) < 4.78 is 17.2. The predicted octanol–water partition coefficient (Wildman–Crippen LogP) is 6.90. The number of ether oxygens (including phenoxy) is 3. The molecule has 1 N–H and O–H groups in total. The van der Waals surface area contributed by atoms with E-state index in [0.717, 1.165) is 61.7 Å². The Labute approximate surface area is 355 Å². The number of methoxy groups -OCH3 is 1. The van der Waals surface area contributed by atoms with Gasteiger partial charge in [-0.1, -0.05) is 11.6 Å². The van der Waals surface area contributed by atoms with Gasteiger partial charge in [-0.25, -0.2) is 29.5 Å². The summed E-state index contributed by atoms with van der Waals surface area (Å²) in [6, 6.07) is 4.27. The highest BCUT2D eigenvalue weighted by Crippen LogP contribution is 2.41. The zero-order chi connectivity index (χ0) is 40.9. The number of hydrogen-bond donors (Lipinski definition) is 1. The summed E-state index contributed by atoms with van der Waals surface area (Å²) in [4.78, 5) is 59.9. The molecule has 2 fully saturated rings. The van der Waals surface area contributed by atoms with Gasteiger partial charge in [0.2, 0.25) is 0 Å². The van der Waals surface area contributed by atoms with Crippen molar-refractivity contribution in [3.63, 3.8) is 0 Å². The zero-order valence-electron chi connectivity index (χ0n) is 33.7. The number of carbonyl (C=O) groups is 2. The van der Waals surface area contributed by atoms with Crippen LogP contribution >= 0.6 is 34.3 Å². The van der Waals surface area contributed by atoms with Crippen molar-refractivity contribution in [2.24, 2.45) is 4.99 Å². The number of benzene rings is 1. The normalized spacial score (nSPS) is 22.5. The van der Waals surface area contributed by atoms with Crippen molar-refractivity contribution in [1.29, 1.82) is 0 Å². The Morgan fingerprint density at radius 3 is 1.88 bits per heavy atom. The van der Waals surface area contributed by atoms with Crippen LogP contribution in [0.15, 0.2) is 29.8 Å². The second kappa shape index (κ2) is 16.4. The first-order chi connectivity index (χ1) is 28.5. The van der Waals surface area contributed by atoms with Gasteiger partial charge in [0.1, 0.15) is 39.0 Å². The fourth-order valence-electron chi connectivity index (χ4n) is 8.84. The highest BCUT2D eigenvalue weighted by Gasteiger charge is 2.34. The number of carbonyl (C=O) groups excluding carboxylic acids is 2. The standard InChI is InChI=1S/C25H28N6O3S.C16H19ClN4O2S/c1-14-10-31(11-15(2)34-14)25(32)30-5-4-18-21(12-30)35-24-22(18)23(27-13-28-24)29-19-6-16-8-26-9-17(16)7-20(19)33-3;1-9-5-21(6-10(2)23-9)16(22)20-4-3-11-12(7-20)24-15-13(11)14(17)18-8-19-15/h6-8,13-15H,4-5,9-12H2,1-3H3,(H,27,28,29);8-10H,3-7H2,1-2H3/t14-,15+;9-,10+. The lowest BCUT2D eigenvalue weighted by atomic mass is 10.0. The van der Waals surface area contributed by atoms with Gasteiger partial charge < -0.3 is 39.1 Å². The summed E-state index contributed by atoms with van der Waals surface area (Å²) in [5.41, 5.74) is 5.52. The fraction of sp³-hybridized carbons (Fsp3) is 0.488. The van der Waals surface area contributed by atoms with Crippen LogP contribution in [-0.2, 0) is 41.9 Å². The smallest absolute Gasteiger partial charge is 0.320 e. The monoisotopic (exact) mass is 858 g/mol. The molecule has 2 saturated heterocycles. The number of aliphatic imine (C=N–C) groups is 1. The molecule has 4 atom stereocenters. The van der Waals surface area contributed by atoms with Gasteiger partial charge in [0, 0.05) is 55.2 Å². The number of morpholine rings is 2. The fourth-order valence-corrected chi connectivity index (χ4v) is 11.5. The molecule has 10 rings (SSSR count). The second-order valence-corrected chi connectivity index (χ2v) is 18.4. The van der Waals surface area contributed by atoms with E-state index < -0.39 is 0 Å². The van der Waals surface area contributed by atoms with E-state index in [1.54, 1.807) is 36.1 Å². The summed E-state index contributed by atoms with van der Waals surface area (Å²) in [7, 11) is 1.67. The first kappa shape index (κ1) is 39.8. The van der Waals surface area contributed by atoms with Gasteiger partial charge in [-0.2, -0.15) is 0 Å². The van der Waals surface area contributed by atoms with Gasteiger partial charge in [0.25, 0.3) is 0 Å². The van der Waals surface area contributed by atoms with Gasteiger partial charge in [-0.3, -0.25) is 4.99 Å². The number of thiophene rings is 2. The lowest BCUT2D eigenvalue weighted by Crippen LogP contribution is -2.53. The predicted molar refractivity (Wildman–Crippen MR) is 230 cm³/mol. The van der Waals surface area contributed by atoms with Crippen LogP contribution in [-0.4, -0.2) is 129 Å². The molecule has 15 nitrogen and oxygen atoms in total. The first-order valence-corrected chi connectivity index (χ1v) is 22.1. The molecule has 1 aromatic carbocycles. The van der Waals surface area contributed by atoms with Crippen LogP contribution in [0.5, 0.6) is 5.75 Å². The van der Waals surface area contributed by atoms with Crippen molar-refractivity contribution in [3.05, 3.63) is 61.9 Å². The minimum atomic E-state index is 0.0544. The molecule has 4 aromatic heterocycles. The summed E-state index contributed by atoms with van der Waals surface area (Å²) in [6.45, 7) is 13.9. The maximum absolute atomic E-state index is 13.3. The molecule has 59 heavy (non-hydrogen) atoms. The summed E-state index contributed by atoms with van der Waals surface area (Å²) in [5, 5.41) is 5.99. The van der Waals surface area contributed by atoms with E-state index in [1.165, 1.54) is 27.2 Å². The number of hydrogen-bond acceptors (Lipinski definition) is 13. The van der Waals surface area contributed by atoms with Gasteiger partial charge in [0.15, 0.2) is 0 Å². The molecular formula is C41H47ClN10O5S2. The van der Waals surface area contributed by atoms with Crippen LogP contribution in [0.3, 0.4) is 0 Å². The highest BCUT2D eigenvalue weighted by molar-refractivity contribution is 7.19. The number of urea groups is 2. The largest absolute Gasteiger partial charge is 0.495 e. The maximum Gasteiger partial charge on any atom is 0.320 e. The van der Waals surface area contributed by atoms with E-state index in [2.05, 4.69) is 36.3 Å². The molecule has 9 heterocycles. The van der Waals surface area contributed by atoms with E-state index in [-0.39, 0.29) is 36.5 Å². The van der Waals surface area contributed by atoms with Crippen molar-refractivity contribution >= 4 is 84.5 Å². The number of nitrogens with one attached hydrogen (secondary N) is 1. The molecule has 0 spiro atoms. The van der Waals surface area contributed by atoms with Crippen molar-refractivity contribution in [1.82, 2.24) is 39.5 Å². The third kappa shape index (κ3) is 7.90. The second-order valence-electron chi connectivity index (χ2n) is 15.8. The number of rotatable bonds is 3. The Bertz CT molecular complexity index is 2440. The molecule has 0 bridgehead atoms. The minimum Gasteiger partial charge on any atom is -0.495 e. The first-order valence-electron chi connectivity index (χ1n) is 20.0. The Kier molecular flexibility index (Phi) is 11.1. The van der Waals surface area contributed by atoms with E-state index in [0.29, 0.717) is 64.1 Å². The SMILES string of the molecule is COc1cc2c(cc1Nc1ncnc3sc4c(c13)CCN(C(=O)N1C[C@@H](C)O[C@@H](C)C1)C4)C=NC2.C[C@@H]1CN(C(=O)N2CCc3c(sc4ncnc(Cl)c34)C2)C[C@H](C)O1. The molecule has 5 aliphatic heterocycles. The molecule has 0 unspecified atom stereocenters. The quantitative estimate of drug-likeness (QED) is 0.190. The van der Waals surface area contributed by atoms with E-state index in [9.17, 15) is 9.59 Å². The third-order valence-electron chi connectivity index (χ3n) is 11.4. The minimum absolute atomic E-state index is 0.0544. The molecule has 5 aliphatic rings. The highest BCUT2D eigenvalue weighted by atomic mass is 35.5. The number of amides is 4. The Hall–Kier alpha value is -4.68. The third-order valence-corrected chi connectivity index (χ3v) is 13.9. The van der Waals surface area contributed by atoms with E-state index >= 15 is 0 Å². The van der Waals surface area contributed by atoms with Gasteiger partial charge in [-0.15, -0.1) is 22.7 Å². The number of fused-ring (bicyclic) bond motifs is 7. The van der Waals surface area contributed by atoms with E-state index in [1.807, 2.05) is 59.6 Å². The van der Waals surface area contributed by atoms with Gasteiger partial charge in [0.05, 0.1) is 67.6 Å². The molecule has 4 amide bonds. The van der Waals surface area contributed by atoms with Gasteiger partial charge >= 0.3 is 12.1 Å². The number of nitrogens with zero attached hydrogens (tertiary/aromatic N) is 9. The lowest BCUT2D eigenvalue weighted by Gasteiger charge is -2.39. The molecule has 0 aliphatic carbocycles. The molecule has 0 saturated carbocycles. The average Bonchev–Trinajstić information content (AvgIpc) is 3.94. The Morgan fingerprint density at radius 2 is 1.31 bits per heavy atom. The summed E-state index contributed by atoms with van der Waals surface area (Å²) in [6.07, 6.45) is 6.81. The van der Waals surface area contributed by atoms with E-state index in [4.69, 9.17) is 25.8 Å². The summed E-state index contributed by atoms with van der Waals surface area (Å²) >= 11 is 9.49. The topological polar surface area (TPSA) is 151 Å². The van der Waals surface area contributed by atoms with Crippen LogP contribution in [0.2, 0.25) is 5.15 Å². The Balaban J connectivity index is 0.000000163. The number of anilines is 2. The van der Waals surface area contributed by atoms with Crippen LogP contribution < -0.4 is 10.1 Å². The van der Waals surface area contributed by atoms with Crippen LogP contribution in [0, 0.1) is 0 Å². The van der Waals surface area contributed by atoms with Crippen molar-refractivity contribution in [2.45, 2.75) is 84.6 Å². The van der Waals surface area contributed by atoms with Crippen molar-refractivity contribution in [2.75, 3.05) is 51.7 Å². The lowest BCUT2D eigenvalue weighted by molar-refractivity contribution is -0.0586. The molecule has 18 heteroatoms. The number of aromatic nitrogens is 4. The molecular weight excluding hydrogens is 812 g/mol. The van der Waals surface area contributed by atoms with Crippen molar-refractivity contribution in [3.8, 4) is 5.75 Å². The van der Waals surface area contributed by atoms with Crippen LogP contribution in [0.4, 0.5) is 21.1 Å². The Morgan fingerprint density at radius 1 is 0.763 bits per heavy atom. The molecule has 0 radical (unpaired) electrons. The van der Waals surface area contributed by atoms with Crippen LogP contribution in [0.1, 0.15) is 59.7 Å². The summed E-state index contributed by atoms with van der Waals surface area (Å²) in [5.74, 6) is 1.52. The zero-order valence-corrected chi connectivity index (χ0v) is 36.1.